The van der Waals surface area contributed by atoms with Gasteiger partial charge in [-0.15, -0.1) is 0 Å². The number of hydrogen-bond donors (Lipinski definition) is 2. The van der Waals surface area contributed by atoms with Gasteiger partial charge < -0.3 is 5.32 Å². The molecule has 1 aliphatic heterocycles. The fraction of sp³-hybridized carbons (Fsp3) is 0.106. The van der Waals surface area contributed by atoms with Crippen molar-refractivity contribution in [3.05, 3.63) is 191 Å². The van der Waals surface area contributed by atoms with Crippen LogP contribution in [0.5, 0.6) is 0 Å². The van der Waals surface area contributed by atoms with E-state index in [0.717, 1.165) is 17.0 Å². The van der Waals surface area contributed by atoms with Crippen LogP contribution in [0.15, 0.2) is 163 Å². The standard InChI is InChI=1S/C47H36N4/c1-47(2)42-27-30(29-48)19-25-39(42)40-26-24-35(28-43(40)47)31-20-22-32(23-21-31)36-15-9-17-38-37(36)16-10-18-41(38)46-50-44(33-11-5-3-6-12-33)49-45(51-46)34-13-7-4-8-14-34/h3-28,44,46,50H,1-2H3,(H,49,51). The highest BCUT2D eigenvalue weighted by atomic mass is 15.3. The first-order valence-corrected chi connectivity index (χ1v) is 17.5. The highest BCUT2D eigenvalue weighted by Crippen LogP contribution is 2.50. The summed E-state index contributed by atoms with van der Waals surface area (Å²) in [5.74, 6) is 0.877. The zero-order valence-electron chi connectivity index (χ0n) is 28.6. The molecule has 7 aromatic rings. The molecule has 1 aliphatic carbocycles. The Morgan fingerprint density at radius 1 is 0.569 bits per heavy atom. The predicted molar refractivity (Wildman–Crippen MR) is 208 cm³/mol. The van der Waals surface area contributed by atoms with Crippen LogP contribution in [0.3, 0.4) is 0 Å². The van der Waals surface area contributed by atoms with Gasteiger partial charge in [0.1, 0.15) is 18.2 Å². The summed E-state index contributed by atoms with van der Waals surface area (Å²) in [6.45, 7) is 4.52. The molecule has 0 aromatic heterocycles. The van der Waals surface area contributed by atoms with Crippen molar-refractivity contribution < 1.29 is 0 Å². The molecule has 0 saturated heterocycles. The van der Waals surface area contributed by atoms with Gasteiger partial charge in [0, 0.05) is 11.0 Å². The lowest BCUT2D eigenvalue weighted by atomic mass is 9.81. The van der Waals surface area contributed by atoms with Crippen LogP contribution < -0.4 is 10.6 Å². The first kappa shape index (κ1) is 30.8. The molecule has 0 saturated carbocycles. The molecule has 2 atom stereocenters. The number of benzene rings is 7. The van der Waals surface area contributed by atoms with Crippen molar-refractivity contribution in [2.24, 2.45) is 4.99 Å². The molecule has 2 N–H and O–H groups in total. The third kappa shape index (κ3) is 5.31. The second-order valence-corrected chi connectivity index (χ2v) is 14.0. The zero-order chi connectivity index (χ0) is 34.5. The lowest BCUT2D eigenvalue weighted by Crippen LogP contribution is -2.45. The number of nitriles is 1. The lowest BCUT2D eigenvalue weighted by Gasteiger charge is -2.33. The maximum absolute atomic E-state index is 9.52. The van der Waals surface area contributed by atoms with E-state index in [9.17, 15) is 5.26 Å². The molecule has 0 spiro atoms. The van der Waals surface area contributed by atoms with Gasteiger partial charge in [0.15, 0.2) is 0 Å². The Morgan fingerprint density at radius 2 is 1.22 bits per heavy atom. The van der Waals surface area contributed by atoms with Crippen molar-refractivity contribution in [2.75, 3.05) is 0 Å². The van der Waals surface area contributed by atoms with Crippen molar-refractivity contribution in [3.63, 3.8) is 0 Å². The van der Waals surface area contributed by atoms with Gasteiger partial charge in [0.2, 0.25) is 0 Å². The molecule has 0 amide bonds. The van der Waals surface area contributed by atoms with Crippen LogP contribution >= 0.6 is 0 Å². The van der Waals surface area contributed by atoms with E-state index < -0.39 is 0 Å². The van der Waals surface area contributed by atoms with E-state index in [1.54, 1.807) is 0 Å². The van der Waals surface area contributed by atoms with Gasteiger partial charge in [-0.05, 0) is 84.6 Å². The number of fused-ring (bicyclic) bond motifs is 4. The van der Waals surface area contributed by atoms with Gasteiger partial charge in [-0.25, -0.2) is 4.99 Å². The fourth-order valence-electron chi connectivity index (χ4n) is 7.93. The van der Waals surface area contributed by atoms with Gasteiger partial charge >= 0.3 is 0 Å². The van der Waals surface area contributed by atoms with Crippen LogP contribution in [-0.2, 0) is 5.41 Å². The van der Waals surface area contributed by atoms with Crippen LogP contribution in [0, 0.1) is 11.3 Å². The molecule has 2 aliphatic rings. The van der Waals surface area contributed by atoms with E-state index in [1.165, 1.54) is 60.8 Å². The van der Waals surface area contributed by atoms with E-state index in [-0.39, 0.29) is 17.7 Å². The SMILES string of the molecule is CC1(C)c2cc(C#N)ccc2-c2ccc(-c3ccc(-c4cccc5c(C6NC(c7ccccc7)=NC(c7ccccc7)N6)cccc45)cc3)cc21. The average molecular weight is 657 g/mol. The largest absolute Gasteiger partial charge is 0.350 e. The summed E-state index contributed by atoms with van der Waals surface area (Å²) in [5, 5.41) is 19.4. The second-order valence-electron chi connectivity index (χ2n) is 14.0. The van der Waals surface area contributed by atoms with Crippen molar-refractivity contribution in [1.82, 2.24) is 10.6 Å². The third-order valence-electron chi connectivity index (χ3n) is 10.6. The van der Waals surface area contributed by atoms with Gasteiger partial charge in [-0.3, -0.25) is 5.32 Å². The highest BCUT2D eigenvalue weighted by molar-refractivity contribution is 6.01. The first-order chi connectivity index (χ1) is 25.0. The predicted octanol–water partition coefficient (Wildman–Crippen LogP) is 10.7. The van der Waals surface area contributed by atoms with Gasteiger partial charge in [0.05, 0.1) is 11.6 Å². The Balaban J connectivity index is 1.05. The van der Waals surface area contributed by atoms with E-state index >= 15 is 0 Å². The van der Waals surface area contributed by atoms with E-state index in [2.05, 4.69) is 170 Å². The number of rotatable bonds is 5. The molecule has 0 fully saturated rings. The highest BCUT2D eigenvalue weighted by Gasteiger charge is 2.36. The lowest BCUT2D eigenvalue weighted by molar-refractivity contribution is 0.411. The van der Waals surface area contributed by atoms with Crippen LogP contribution in [0.2, 0.25) is 0 Å². The third-order valence-corrected chi connectivity index (χ3v) is 10.6. The number of nitrogens with zero attached hydrogens (tertiary/aromatic N) is 2. The normalized spacial score (nSPS) is 17.2. The molecular formula is C47H36N4. The summed E-state index contributed by atoms with van der Waals surface area (Å²) in [7, 11) is 0. The van der Waals surface area contributed by atoms with E-state index in [4.69, 9.17) is 4.99 Å². The van der Waals surface area contributed by atoms with Gasteiger partial charge in [-0.1, -0.05) is 153 Å². The molecule has 244 valence electrons. The van der Waals surface area contributed by atoms with E-state index in [0.29, 0.717) is 5.56 Å². The summed E-state index contributed by atoms with van der Waals surface area (Å²) in [5.41, 5.74) is 13.7. The molecular weight excluding hydrogens is 621 g/mol. The van der Waals surface area contributed by atoms with Crippen molar-refractivity contribution in [3.8, 4) is 39.4 Å². The summed E-state index contributed by atoms with van der Waals surface area (Å²) in [6, 6.07) is 58.1. The smallest absolute Gasteiger partial charge is 0.131 e. The molecule has 0 radical (unpaired) electrons. The summed E-state index contributed by atoms with van der Waals surface area (Å²) < 4.78 is 0. The minimum Gasteiger partial charge on any atom is -0.350 e. The molecule has 2 unspecified atom stereocenters. The topological polar surface area (TPSA) is 60.2 Å². The van der Waals surface area contributed by atoms with Crippen molar-refractivity contribution >= 4 is 16.6 Å². The monoisotopic (exact) mass is 656 g/mol. The Hall–Kier alpha value is -6.28. The minimum absolute atomic E-state index is 0.147. The fourth-order valence-corrected chi connectivity index (χ4v) is 7.93. The maximum atomic E-state index is 9.52. The molecule has 1 heterocycles. The van der Waals surface area contributed by atoms with E-state index in [1.807, 2.05) is 18.2 Å². The quantitative estimate of drug-likeness (QED) is 0.194. The zero-order valence-corrected chi connectivity index (χ0v) is 28.6. The first-order valence-electron chi connectivity index (χ1n) is 17.5. The molecule has 4 heteroatoms. The Morgan fingerprint density at radius 3 is 1.98 bits per heavy atom. The molecule has 0 bridgehead atoms. The summed E-state index contributed by atoms with van der Waals surface area (Å²) in [6.07, 6.45) is -0.335. The number of hydrogen-bond acceptors (Lipinski definition) is 4. The van der Waals surface area contributed by atoms with Gasteiger partial charge in [0.25, 0.3) is 0 Å². The Bertz CT molecular complexity index is 2510. The number of amidine groups is 1. The molecule has 7 aromatic carbocycles. The number of nitrogens with one attached hydrogen (secondary N) is 2. The molecule has 51 heavy (non-hydrogen) atoms. The summed E-state index contributed by atoms with van der Waals surface area (Å²) >= 11 is 0. The van der Waals surface area contributed by atoms with Crippen LogP contribution in [-0.4, -0.2) is 5.84 Å². The van der Waals surface area contributed by atoms with Crippen LogP contribution in [0.4, 0.5) is 0 Å². The van der Waals surface area contributed by atoms with Crippen LogP contribution in [0.25, 0.3) is 44.2 Å². The average Bonchev–Trinajstić information content (AvgIpc) is 3.42. The molecule has 4 nitrogen and oxygen atoms in total. The maximum Gasteiger partial charge on any atom is 0.131 e. The van der Waals surface area contributed by atoms with Crippen molar-refractivity contribution in [1.29, 1.82) is 5.26 Å². The Kier molecular flexibility index (Phi) is 7.38. The summed E-state index contributed by atoms with van der Waals surface area (Å²) in [4.78, 5) is 5.10. The number of aliphatic imine (C=N–C) groups is 1. The minimum atomic E-state index is -0.187. The second kappa shape index (κ2) is 12.2. The van der Waals surface area contributed by atoms with Crippen molar-refractivity contribution in [2.45, 2.75) is 31.6 Å². The Labute approximate surface area is 298 Å². The molecule has 9 rings (SSSR count). The van der Waals surface area contributed by atoms with Gasteiger partial charge in [-0.2, -0.15) is 5.26 Å². The van der Waals surface area contributed by atoms with Crippen LogP contribution in [0.1, 0.15) is 59.6 Å².